The summed E-state index contributed by atoms with van der Waals surface area (Å²) >= 11 is 6.34. The number of fused-ring (bicyclic) bond motifs is 1. The van der Waals surface area contributed by atoms with Crippen molar-refractivity contribution in [2.75, 3.05) is 13.1 Å². The minimum Gasteiger partial charge on any atom is -0.506 e. The van der Waals surface area contributed by atoms with E-state index < -0.39 is 0 Å². The average molecular weight is 393 g/mol. The van der Waals surface area contributed by atoms with E-state index in [0.717, 1.165) is 48.9 Å². The molecule has 2 heterocycles. The number of aryl methyl sites for hydroxylation is 1. The highest BCUT2D eigenvalue weighted by Crippen LogP contribution is 2.35. The summed E-state index contributed by atoms with van der Waals surface area (Å²) < 4.78 is 5.75. The van der Waals surface area contributed by atoms with Crippen LogP contribution in [0.3, 0.4) is 0 Å². The molecule has 1 aromatic heterocycles. The van der Waals surface area contributed by atoms with Crippen molar-refractivity contribution in [2.24, 2.45) is 0 Å². The summed E-state index contributed by atoms with van der Waals surface area (Å²) in [5, 5.41) is 11.8. The van der Waals surface area contributed by atoms with Gasteiger partial charge in [-0.15, -0.1) is 0 Å². The number of halogens is 1. The second-order valence-electron chi connectivity index (χ2n) is 7.85. The molecule has 0 aliphatic carbocycles. The smallest absolute Gasteiger partial charge is 0.339 e. The number of benzene rings is 1. The number of unbranched alkanes of at least 4 members (excludes halogenated alkanes) is 3. The van der Waals surface area contributed by atoms with Crippen LogP contribution in [0.4, 0.5) is 0 Å². The lowest BCUT2D eigenvalue weighted by Gasteiger charge is -2.24. The van der Waals surface area contributed by atoms with E-state index in [9.17, 15) is 9.90 Å². The first-order valence-corrected chi connectivity index (χ1v) is 10.7. The monoisotopic (exact) mass is 392 g/mol. The number of aromatic hydroxyl groups is 1. The van der Waals surface area contributed by atoms with Crippen LogP contribution in [-0.2, 0) is 13.0 Å². The van der Waals surface area contributed by atoms with Gasteiger partial charge in [0.15, 0.2) is 5.58 Å². The van der Waals surface area contributed by atoms with Crippen LogP contribution < -0.4 is 10.5 Å². The van der Waals surface area contributed by atoms with E-state index in [1.807, 2.05) is 6.92 Å². The zero-order chi connectivity index (χ0) is 19.4. The van der Waals surface area contributed by atoms with Crippen LogP contribution >= 0.6 is 11.6 Å². The molecule has 2 N–H and O–H groups in total. The van der Waals surface area contributed by atoms with Crippen LogP contribution in [0.15, 0.2) is 15.3 Å². The molecule has 4 nitrogen and oxygen atoms in total. The summed E-state index contributed by atoms with van der Waals surface area (Å²) in [4.78, 5) is 14.1. The quantitative estimate of drug-likeness (QED) is 0.549. The van der Waals surface area contributed by atoms with Crippen LogP contribution in [-0.4, -0.2) is 18.2 Å². The van der Waals surface area contributed by atoms with Gasteiger partial charge in [-0.1, -0.05) is 37.8 Å². The highest BCUT2D eigenvalue weighted by atomic mass is 35.5. The molecule has 0 amide bonds. The van der Waals surface area contributed by atoms with Crippen molar-refractivity contribution in [3.8, 4) is 5.75 Å². The lowest BCUT2D eigenvalue weighted by molar-refractivity contribution is -0.918. The van der Waals surface area contributed by atoms with Gasteiger partial charge in [0.1, 0.15) is 12.3 Å². The summed E-state index contributed by atoms with van der Waals surface area (Å²) in [6.07, 6.45) is 8.84. The van der Waals surface area contributed by atoms with E-state index in [1.54, 1.807) is 6.07 Å². The summed E-state index contributed by atoms with van der Waals surface area (Å²) in [6, 6.07) is 1.75. The fourth-order valence-electron chi connectivity index (χ4n) is 4.20. The molecule has 3 rings (SSSR count). The van der Waals surface area contributed by atoms with Crippen LogP contribution in [0.2, 0.25) is 5.02 Å². The van der Waals surface area contributed by atoms with E-state index in [0.29, 0.717) is 22.7 Å². The molecular weight excluding hydrogens is 362 g/mol. The molecule has 0 radical (unpaired) electrons. The van der Waals surface area contributed by atoms with Crippen molar-refractivity contribution in [1.82, 2.24) is 0 Å². The third kappa shape index (κ3) is 4.49. The first kappa shape index (κ1) is 20.2. The predicted molar refractivity (Wildman–Crippen MR) is 110 cm³/mol. The number of piperidine rings is 1. The minimum absolute atomic E-state index is 0.0560. The van der Waals surface area contributed by atoms with E-state index in [2.05, 4.69) is 6.92 Å². The number of phenolic OH excluding ortho intramolecular Hbond substituents is 1. The Hall–Kier alpha value is -1.52. The number of hydrogen-bond donors (Lipinski definition) is 2. The molecular formula is C22H31ClNO3+. The predicted octanol–water partition coefficient (Wildman–Crippen LogP) is 4.15. The molecule has 2 aromatic rings. The summed E-state index contributed by atoms with van der Waals surface area (Å²) in [5.41, 5.74) is 2.60. The van der Waals surface area contributed by atoms with Crippen LogP contribution in [0, 0.1) is 6.92 Å². The Morgan fingerprint density at radius 1 is 1.15 bits per heavy atom. The van der Waals surface area contributed by atoms with Gasteiger partial charge in [-0.05, 0) is 50.7 Å². The Morgan fingerprint density at radius 2 is 1.89 bits per heavy atom. The van der Waals surface area contributed by atoms with E-state index in [4.69, 9.17) is 16.0 Å². The number of likely N-dealkylation sites (tertiary alicyclic amines) is 1. The maximum Gasteiger partial charge on any atom is 0.339 e. The molecule has 1 aliphatic rings. The van der Waals surface area contributed by atoms with Crippen molar-refractivity contribution in [2.45, 2.75) is 71.8 Å². The van der Waals surface area contributed by atoms with Crippen molar-refractivity contribution in [1.29, 1.82) is 0 Å². The second-order valence-corrected chi connectivity index (χ2v) is 8.26. The third-order valence-electron chi connectivity index (χ3n) is 5.87. The first-order valence-electron chi connectivity index (χ1n) is 10.3. The molecule has 0 atom stereocenters. The zero-order valence-corrected chi connectivity index (χ0v) is 17.3. The highest BCUT2D eigenvalue weighted by Gasteiger charge is 2.23. The molecule has 148 valence electrons. The van der Waals surface area contributed by atoms with E-state index >= 15 is 0 Å². The van der Waals surface area contributed by atoms with Crippen LogP contribution in [0.25, 0.3) is 11.0 Å². The first-order chi connectivity index (χ1) is 13.0. The molecule has 1 saturated heterocycles. The van der Waals surface area contributed by atoms with Crippen LogP contribution in [0.5, 0.6) is 5.75 Å². The van der Waals surface area contributed by atoms with Crippen molar-refractivity contribution >= 4 is 22.6 Å². The molecule has 5 heteroatoms. The molecule has 0 bridgehead atoms. The number of quaternary nitrogens is 1. The van der Waals surface area contributed by atoms with Gasteiger partial charge in [0, 0.05) is 10.9 Å². The summed E-state index contributed by atoms with van der Waals surface area (Å²) in [7, 11) is 0. The Kier molecular flexibility index (Phi) is 6.83. The van der Waals surface area contributed by atoms with Gasteiger partial charge in [-0.25, -0.2) is 4.79 Å². The fourth-order valence-corrected chi connectivity index (χ4v) is 4.42. The minimum atomic E-state index is -0.270. The molecule has 27 heavy (non-hydrogen) atoms. The third-order valence-corrected chi connectivity index (χ3v) is 6.16. The van der Waals surface area contributed by atoms with Crippen LogP contribution in [0.1, 0.15) is 68.6 Å². The summed E-state index contributed by atoms with van der Waals surface area (Å²) in [5.74, 6) is 0.0560. The van der Waals surface area contributed by atoms with Gasteiger partial charge in [0.2, 0.25) is 0 Å². The lowest BCUT2D eigenvalue weighted by Crippen LogP contribution is -3.11. The molecule has 1 fully saturated rings. The lowest BCUT2D eigenvalue weighted by atomic mass is 9.98. The average Bonchev–Trinajstić information content (AvgIpc) is 2.67. The number of rotatable bonds is 7. The largest absolute Gasteiger partial charge is 0.506 e. The van der Waals surface area contributed by atoms with Gasteiger partial charge in [-0.3, -0.25) is 0 Å². The maximum absolute atomic E-state index is 12.7. The van der Waals surface area contributed by atoms with Crippen molar-refractivity contribution in [3.63, 3.8) is 0 Å². The fraction of sp³-hybridized carbons (Fsp3) is 0.591. The number of phenols is 1. The normalized spacial score (nSPS) is 15.5. The molecule has 0 unspecified atom stereocenters. The Morgan fingerprint density at radius 3 is 2.59 bits per heavy atom. The zero-order valence-electron chi connectivity index (χ0n) is 16.5. The second kappa shape index (κ2) is 9.11. The molecule has 0 spiro atoms. The van der Waals surface area contributed by atoms with Gasteiger partial charge in [0.05, 0.1) is 23.7 Å². The topological polar surface area (TPSA) is 54.9 Å². The standard InChI is InChI=1S/C22H30ClNO3/c1-3-4-5-7-10-16-15(2)17-13-19(23)20(25)18(21(17)27-22(16)26)14-24-11-8-6-9-12-24/h13,25H,3-12,14H2,1-2H3/p+1. The van der Waals surface area contributed by atoms with Gasteiger partial charge in [0.25, 0.3) is 0 Å². The van der Waals surface area contributed by atoms with Crippen molar-refractivity contribution < 1.29 is 14.4 Å². The SMILES string of the molecule is CCCCCCc1c(C)c2cc(Cl)c(O)c(C[NH+]3CCCCC3)c2oc1=O. The van der Waals surface area contributed by atoms with Gasteiger partial charge in [-0.2, -0.15) is 0 Å². The maximum atomic E-state index is 12.7. The Balaban J connectivity index is 2.00. The molecule has 1 aliphatic heterocycles. The Bertz CT molecular complexity index is 853. The highest BCUT2D eigenvalue weighted by molar-refractivity contribution is 6.33. The molecule has 1 aromatic carbocycles. The van der Waals surface area contributed by atoms with E-state index in [-0.39, 0.29) is 11.4 Å². The number of hydrogen-bond acceptors (Lipinski definition) is 3. The Labute approximate surface area is 166 Å². The summed E-state index contributed by atoms with van der Waals surface area (Å²) in [6.45, 7) is 6.94. The van der Waals surface area contributed by atoms with Gasteiger partial charge < -0.3 is 14.4 Å². The number of nitrogens with one attached hydrogen (secondary N) is 1. The molecule has 0 saturated carbocycles. The van der Waals surface area contributed by atoms with E-state index in [1.165, 1.54) is 37.0 Å². The van der Waals surface area contributed by atoms with Crippen molar-refractivity contribution in [3.05, 3.63) is 38.2 Å². The van der Waals surface area contributed by atoms with Gasteiger partial charge >= 0.3 is 5.63 Å².